The van der Waals surface area contributed by atoms with Crippen molar-refractivity contribution in [2.75, 3.05) is 6.61 Å². The van der Waals surface area contributed by atoms with Crippen LogP contribution in [-0.2, 0) is 21.4 Å². The van der Waals surface area contributed by atoms with E-state index >= 15 is 0 Å². The van der Waals surface area contributed by atoms with E-state index in [9.17, 15) is 8.42 Å². The predicted octanol–water partition coefficient (Wildman–Crippen LogP) is 2.83. The van der Waals surface area contributed by atoms with Gasteiger partial charge in [0, 0.05) is 6.04 Å². The van der Waals surface area contributed by atoms with E-state index in [0.717, 1.165) is 5.56 Å². The molecule has 6 heteroatoms. The molecule has 2 aromatic carbocycles. The predicted molar refractivity (Wildman–Crippen MR) is 91.7 cm³/mol. The third kappa shape index (κ3) is 5.17. The van der Waals surface area contributed by atoms with E-state index in [2.05, 4.69) is 4.72 Å². The number of ether oxygens (including phenoxy) is 1. The summed E-state index contributed by atoms with van der Waals surface area (Å²) >= 11 is 0. The van der Waals surface area contributed by atoms with Crippen LogP contribution in [0.25, 0.3) is 0 Å². The lowest BCUT2D eigenvalue weighted by atomic mass is 10.2. The number of hydrogen-bond acceptors (Lipinski definition) is 4. The molecule has 0 fully saturated rings. The van der Waals surface area contributed by atoms with Gasteiger partial charge in [0.25, 0.3) is 0 Å². The fourth-order valence-electron chi connectivity index (χ4n) is 2.15. The number of nitrogens with zero attached hydrogens (tertiary/aromatic N) is 1. The molecule has 0 aliphatic rings. The second-order valence-electron chi connectivity index (χ2n) is 5.37. The minimum absolute atomic E-state index is 0.0862. The summed E-state index contributed by atoms with van der Waals surface area (Å²) in [7, 11) is -3.68. The van der Waals surface area contributed by atoms with Gasteiger partial charge in [0.15, 0.2) is 0 Å². The zero-order valence-electron chi connectivity index (χ0n) is 13.5. The molecule has 0 bridgehead atoms. The van der Waals surface area contributed by atoms with E-state index in [1.165, 1.54) is 12.1 Å². The molecule has 0 saturated carbocycles. The minimum atomic E-state index is -3.68. The minimum Gasteiger partial charge on any atom is -0.375 e. The van der Waals surface area contributed by atoms with Gasteiger partial charge < -0.3 is 4.74 Å². The highest BCUT2D eigenvalue weighted by Crippen LogP contribution is 2.12. The van der Waals surface area contributed by atoms with E-state index in [-0.39, 0.29) is 17.5 Å². The van der Waals surface area contributed by atoms with Crippen LogP contribution >= 0.6 is 0 Å². The molecule has 0 saturated heterocycles. The van der Waals surface area contributed by atoms with Crippen molar-refractivity contribution in [2.45, 2.75) is 30.9 Å². The van der Waals surface area contributed by atoms with Gasteiger partial charge >= 0.3 is 0 Å². The van der Waals surface area contributed by atoms with Gasteiger partial charge in [0.05, 0.1) is 29.7 Å². The Hall–Kier alpha value is -2.20. The monoisotopic (exact) mass is 344 g/mol. The lowest BCUT2D eigenvalue weighted by molar-refractivity contribution is 0.103. The van der Waals surface area contributed by atoms with Gasteiger partial charge in [0.1, 0.15) is 0 Å². The Kier molecular flexibility index (Phi) is 6.50. The quantitative estimate of drug-likeness (QED) is 0.798. The Morgan fingerprint density at radius 1 is 1.17 bits per heavy atom. The van der Waals surface area contributed by atoms with Gasteiger partial charge in [-0.05, 0) is 30.2 Å². The van der Waals surface area contributed by atoms with Crippen LogP contribution in [0.1, 0.15) is 24.5 Å². The number of sulfonamides is 1. The van der Waals surface area contributed by atoms with Crippen LogP contribution in [0.3, 0.4) is 0 Å². The highest BCUT2D eigenvalue weighted by atomic mass is 32.2. The van der Waals surface area contributed by atoms with Gasteiger partial charge in [-0.2, -0.15) is 5.26 Å². The largest absolute Gasteiger partial charge is 0.375 e. The Morgan fingerprint density at radius 2 is 1.92 bits per heavy atom. The molecule has 0 amide bonds. The molecule has 0 aliphatic carbocycles. The van der Waals surface area contributed by atoms with Crippen molar-refractivity contribution in [3.8, 4) is 6.07 Å². The van der Waals surface area contributed by atoms with Crippen molar-refractivity contribution in [3.05, 3.63) is 65.7 Å². The maximum absolute atomic E-state index is 12.4. The van der Waals surface area contributed by atoms with Gasteiger partial charge in [-0.25, -0.2) is 13.1 Å². The molecular weight excluding hydrogens is 324 g/mol. The van der Waals surface area contributed by atoms with E-state index in [1.807, 2.05) is 43.3 Å². The van der Waals surface area contributed by atoms with Crippen molar-refractivity contribution >= 4 is 10.0 Å². The third-order valence-electron chi connectivity index (χ3n) is 3.52. The molecule has 1 N–H and O–H groups in total. The van der Waals surface area contributed by atoms with Gasteiger partial charge in [-0.1, -0.05) is 43.3 Å². The molecule has 0 heterocycles. The molecule has 0 aromatic heterocycles. The summed E-state index contributed by atoms with van der Waals surface area (Å²) in [5, 5.41) is 8.89. The smallest absolute Gasteiger partial charge is 0.240 e. The summed E-state index contributed by atoms with van der Waals surface area (Å²) in [6, 6.07) is 17.3. The van der Waals surface area contributed by atoms with Crippen LogP contribution in [0.4, 0.5) is 0 Å². The lowest BCUT2D eigenvalue weighted by Gasteiger charge is -2.17. The van der Waals surface area contributed by atoms with Crippen molar-refractivity contribution in [2.24, 2.45) is 0 Å². The molecule has 2 rings (SSSR count). The zero-order valence-corrected chi connectivity index (χ0v) is 14.3. The van der Waals surface area contributed by atoms with Crippen molar-refractivity contribution in [1.29, 1.82) is 5.26 Å². The Labute approximate surface area is 142 Å². The summed E-state index contributed by atoms with van der Waals surface area (Å²) in [6.07, 6.45) is 0.603. The first-order valence-corrected chi connectivity index (χ1v) is 9.17. The van der Waals surface area contributed by atoms with Gasteiger partial charge in [-0.15, -0.1) is 0 Å². The van der Waals surface area contributed by atoms with Gasteiger partial charge in [0.2, 0.25) is 10.0 Å². The second kappa shape index (κ2) is 8.60. The molecule has 0 aliphatic heterocycles. The molecule has 2 aromatic rings. The number of hydrogen-bond donors (Lipinski definition) is 1. The first-order chi connectivity index (χ1) is 11.5. The summed E-state index contributed by atoms with van der Waals surface area (Å²) in [6.45, 7) is 2.61. The van der Waals surface area contributed by atoms with Gasteiger partial charge in [-0.3, -0.25) is 0 Å². The SMILES string of the molecule is CCC(COCc1ccccc1)NS(=O)(=O)c1cccc(C#N)c1. The van der Waals surface area contributed by atoms with E-state index in [1.54, 1.807) is 12.1 Å². The van der Waals surface area contributed by atoms with Crippen LogP contribution in [0.5, 0.6) is 0 Å². The molecule has 1 unspecified atom stereocenters. The topological polar surface area (TPSA) is 79.2 Å². The van der Waals surface area contributed by atoms with Crippen LogP contribution in [-0.4, -0.2) is 21.1 Å². The first-order valence-electron chi connectivity index (χ1n) is 7.69. The lowest BCUT2D eigenvalue weighted by Crippen LogP contribution is -2.37. The zero-order chi connectivity index (χ0) is 17.4. The number of nitrogens with one attached hydrogen (secondary N) is 1. The molecule has 0 radical (unpaired) electrons. The fraction of sp³-hybridized carbons (Fsp3) is 0.278. The summed E-state index contributed by atoms with van der Waals surface area (Å²) < 4.78 is 33.1. The molecule has 0 spiro atoms. The van der Waals surface area contributed by atoms with Crippen LogP contribution in [0.2, 0.25) is 0 Å². The Morgan fingerprint density at radius 3 is 2.58 bits per heavy atom. The molecule has 1 atom stereocenters. The Balaban J connectivity index is 1.96. The Bertz CT molecular complexity index is 799. The summed E-state index contributed by atoms with van der Waals surface area (Å²) in [4.78, 5) is 0.0862. The van der Waals surface area contributed by atoms with Crippen molar-refractivity contribution in [3.63, 3.8) is 0 Å². The fourth-order valence-corrected chi connectivity index (χ4v) is 3.50. The standard InChI is InChI=1S/C18H20N2O3S/c1-2-17(14-23-13-15-7-4-3-5-8-15)20-24(21,22)18-10-6-9-16(11-18)12-19/h3-11,17,20H,2,13-14H2,1H3. The second-order valence-corrected chi connectivity index (χ2v) is 7.08. The number of rotatable bonds is 8. The first kappa shape index (κ1) is 18.1. The van der Waals surface area contributed by atoms with E-state index in [0.29, 0.717) is 18.6 Å². The average Bonchev–Trinajstić information content (AvgIpc) is 2.61. The average molecular weight is 344 g/mol. The highest BCUT2D eigenvalue weighted by molar-refractivity contribution is 7.89. The number of benzene rings is 2. The van der Waals surface area contributed by atoms with Crippen molar-refractivity contribution in [1.82, 2.24) is 4.72 Å². The van der Waals surface area contributed by atoms with E-state index < -0.39 is 10.0 Å². The van der Waals surface area contributed by atoms with Crippen LogP contribution in [0, 0.1) is 11.3 Å². The maximum atomic E-state index is 12.4. The van der Waals surface area contributed by atoms with E-state index in [4.69, 9.17) is 10.00 Å². The molecule has 5 nitrogen and oxygen atoms in total. The highest BCUT2D eigenvalue weighted by Gasteiger charge is 2.19. The molecule has 126 valence electrons. The normalized spacial score (nSPS) is 12.5. The van der Waals surface area contributed by atoms with Crippen molar-refractivity contribution < 1.29 is 13.2 Å². The van der Waals surface area contributed by atoms with Crippen LogP contribution in [0.15, 0.2) is 59.5 Å². The molecule has 24 heavy (non-hydrogen) atoms. The van der Waals surface area contributed by atoms with Crippen LogP contribution < -0.4 is 4.72 Å². The number of nitriles is 1. The summed E-state index contributed by atoms with van der Waals surface area (Å²) in [5.74, 6) is 0. The molecular formula is C18H20N2O3S. The maximum Gasteiger partial charge on any atom is 0.240 e. The summed E-state index contributed by atoms with van der Waals surface area (Å²) in [5.41, 5.74) is 1.35. The third-order valence-corrected chi connectivity index (χ3v) is 5.04.